The van der Waals surface area contributed by atoms with Crippen molar-refractivity contribution in [2.24, 2.45) is 0 Å². The number of aliphatic hydroxyl groups excluding tert-OH is 1. The van der Waals surface area contributed by atoms with Gasteiger partial charge in [-0.05, 0) is 61.0 Å². The number of aliphatic hydroxyl groups is 1. The van der Waals surface area contributed by atoms with Crippen molar-refractivity contribution in [1.29, 1.82) is 0 Å². The highest BCUT2D eigenvalue weighted by Gasteiger charge is 2.47. The average Bonchev–Trinajstić information content (AvgIpc) is 3.15. The Morgan fingerprint density at radius 2 is 1.79 bits per heavy atom. The molecule has 1 fully saturated rings. The molecule has 0 saturated carbocycles. The molecule has 38 heavy (non-hydrogen) atoms. The molecule has 0 bridgehead atoms. The van der Waals surface area contributed by atoms with Crippen LogP contribution in [0, 0.1) is 0 Å². The normalized spacial score (nSPS) is 16.4. The molecule has 1 unspecified atom stereocenters. The number of Topliss-reactive ketones (excluding diaryl/α,β-unsaturated/α-hetero) is 1. The van der Waals surface area contributed by atoms with Crippen LogP contribution >= 0.6 is 11.6 Å². The largest absolute Gasteiger partial charge is 0.507 e. The minimum atomic E-state index is -0.926. The van der Waals surface area contributed by atoms with Crippen molar-refractivity contribution in [3.05, 3.63) is 88.5 Å². The van der Waals surface area contributed by atoms with Crippen molar-refractivity contribution in [1.82, 2.24) is 0 Å². The molecular weight excluding hydrogens is 506 g/mol. The van der Waals surface area contributed by atoms with Gasteiger partial charge in [-0.2, -0.15) is 0 Å². The fourth-order valence-electron chi connectivity index (χ4n) is 4.38. The maximum absolute atomic E-state index is 13.5. The minimum absolute atomic E-state index is 0.0673. The van der Waals surface area contributed by atoms with Gasteiger partial charge in [-0.25, -0.2) is 0 Å². The zero-order valence-electron chi connectivity index (χ0n) is 21.5. The summed E-state index contributed by atoms with van der Waals surface area (Å²) >= 11 is 6.22. The Kier molecular flexibility index (Phi) is 7.73. The van der Waals surface area contributed by atoms with E-state index in [0.29, 0.717) is 34.3 Å². The first-order chi connectivity index (χ1) is 18.1. The van der Waals surface area contributed by atoms with Crippen molar-refractivity contribution in [3.63, 3.8) is 0 Å². The smallest absolute Gasteiger partial charge is 0.300 e. The Hall–Kier alpha value is -4.30. The number of amides is 2. The van der Waals surface area contributed by atoms with E-state index in [2.05, 4.69) is 5.32 Å². The standard InChI is InChI=1S/C29H28ClN3O5/c1-5-38-24-15-19(11-14-23(24)30)27(35)25-26(18-9-12-21(13-10-18)32(3)4)33(29(37)28(25)36)22-8-6-7-20(16-22)31-17(2)34/h6-16,26,35H,5H2,1-4H3,(H,31,34)/b27-25+. The van der Waals surface area contributed by atoms with Gasteiger partial charge in [0, 0.05) is 43.6 Å². The van der Waals surface area contributed by atoms with Gasteiger partial charge in [0.15, 0.2) is 0 Å². The van der Waals surface area contributed by atoms with Crippen LogP contribution in [0.3, 0.4) is 0 Å². The lowest BCUT2D eigenvalue weighted by molar-refractivity contribution is -0.132. The summed E-state index contributed by atoms with van der Waals surface area (Å²) in [6.45, 7) is 3.55. The van der Waals surface area contributed by atoms with E-state index in [-0.39, 0.29) is 22.8 Å². The first-order valence-corrected chi connectivity index (χ1v) is 12.4. The maximum atomic E-state index is 13.5. The third-order valence-corrected chi connectivity index (χ3v) is 6.43. The Bertz CT molecular complexity index is 1430. The van der Waals surface area contributed by atoms with Crippen LogP contribution in [0.25, 0.3) is 5.76 Å². The molecule has 4 rings (SSSR count). The van der Waals surface area contributed by atoms with Gasteiger partial charge in [-0.3, -0.25) is 19.3 Å². The van der Waals surface area contributed by atoms with Crippen LogP contribution in [0.5, 0.6) is 5.75 Å². The van der Waals surface area contributed by atoms with Crippen LogP contribution in [0.15, 0.2) is 72.3 Å². The Morgan fingerprint density at radius 3 is 2.42 bits per heavy atom. The van der Waals surface area contributed by atoms with Gasteiger partial charge in [0.2, 0.25) is 5.91 Å². The summed E-state index contributed by atoms with van der Waals surface area (Å²) in [6, 6.07) is 17.8. The quantitative estimate of drug-likeness (QED) is 0.240. The van der Waals surface area contributed by atoms with Crippen molar-refractivity contribution < 1.29 is 24.2 Å². The van der Waals surface area contributed by atoms with Gasteiger partial charge in [0.1, 0.15) is 11.5 Å². The van der Waals surface area contributed by atoms with Gasteiger partial charge >= 0.3 is 0 Å². The number of rotatable bonds is 7. The highest BCUT2D eigenvalue weighted by atomic mass is 35.5. The molecule has 1 aliphatic heterocycles. The number of nitrogens with one attached hydrogen (secondary N) is 1. The summed E-state index contributed by atoms with van der Waals surface area (Å²) in [5.74, 6) is -1.90. The maximum Gasteiger partial charge on any atom is 0.300 e. The van der Waals surface area contributed by atoms with Crippen LogP contribution in [0.1, 0.15) is 31.0 Å². The van der Waals surface area contributed by atoms with E-state index in [1.807, 2.05) is 43.3 Å². The lowest BCUT2D eigenvalue weighted by Crippen LogP contribution is -2.29. The second kappa shape index (κ2) is 11.0. The summed E-state index contributed by atoms with van der Waals surface area (Å²) in [5.41, 5.74) is 2.64. The summed E-state index contributed by atoms with van der Waals surface area (Å²) in [4.78, 5) is 41.8. The summed E-state index contributed by atoms with van der Waals surface area (Å²) in [6.07, 6.45) is 0. The first-order valence-electron chi connectivity index (χ1n) is 12.0. The second-order valence-electron chi connectivity index (χ2n) is 8.96. The van der Waals surface area contributed by atoms with E-state index in [0.717, 1.165) is 5.69 Å². The predicted molar refractivity (Wildman–Crippen MR) is 149 cm³/mol. The summed E-state index contributed by atoms with van der Waals surface area (Å²) in [7, 11) is 3.82. The van der Waals surface area contributed by atoms with Crippen LogP contribution in [-0.2, 0) is 14.4 Å². The topological polar surface area (TPSA) is 99.2 Å². The van der Waals surface area contributed by atoms with Gasteiger partial charge in [0.05, 0.1) is 23.2 Å². The molecule has 1 saturated heterocycles. The molecule has 1 atom stereocenters. The Morgan fingerprint density at radius 1 is 1.08 bits per heavy atom. The van der Waals surface area contributed by atoms with E-state index in [9.17, 15) is 19.5 Å². The van der Waals surface area contributed by atoms with Crippen molar-refractivity contribution in [2.75, 3.05) is 35.8 Å². The van der Waals surface area contributed by atoms with E-state index < -0.39 is 17.7 Å². The molecule has 1 aliphatic rings. The summed E-state index contributed by atoms with van der Waals surface area (Å²) < 4.78 is 5.55. The number of anilines is 3. The second-order valence-corrected chi connectivity index (χ2v) is 9.37. The van der Waals surface area contributed by atoms with Crippen LogP contribution in [0.2, 0.25) is 5.02 Å². The number of halogens is 1. The van der Waals surface area contributed by atoms with Gasteiger partial charge in [-0.1, -0.05) is 29.8 Å². The van der Waals surface area contributed by atoms with Gasteiger partial charge < -0.3 is 20.1 Å². The molecule has 0 spiro atoms. The fraction of sp³-hybridized carbons (Fsp3) is 0.207. The molecule has 0 aliphatic carbocycles. The SMILES string of the molecule is CCOc1cc(/C(O)=C2\C(=O)C(=O)N(c3cccc(NC(C)=O)c3)C2c2ccc(N(C)C)cc2)ccc1Cl. The third kappa shape index (κ3) is 5.21. The molecule has 2 amide bonds. The highest BCUT2D eigenvalue weighted by Crippen LogP contribution is 2.43. The molecule has 0 radical (unpaired) electrons. The number of ketones is 1. The summed E-state index contributed by atoms with van der Waals surface area (Å²) in [5, 5.41) is 14.5. The number of ether oxygens (including phenoxy) is 1. The zero-order valence-corrected chi connectivity index (χ0v) is 22.2. The first kappa shape index (κ1) is 26.8. The van der Waals surface area contributed by atoms with Crippen LogP contribution < -0.4 is 19.9 Å². The number of hydrogen-bond acceptors (Lipinski definition) is 6. The van der Waals surface area contributed by atoms with E-state index >= 15 is 0 Å². The molecule has 3 aromatic carbocycles. The van der Waals surface area contributed by atoms with Gasteiger partial charge in [-0.15, -0.1) is 0 Å². The fourth-order valence-corrected chi connectivity index (χ4v) is 4.55. The predicted octanol–water partition coefficient (Wildman–Crippen LogP) is 5.39. The third-order valence-electron chi connectivity index (χ3n) is 6.12. The van der Waals surface area contributed by atoms with E-state index in [1.165, 1.54) is 17.9 Å². The molecular formula is C29H28ClN3O5. The average molecular weight is 534 g/mol. The number of benzene rings is 3. The van der Waals surface area contributed by atoms with E-state index in [4.69, 9.17) is 16.3 Å². The van der Waals surface area contributed by atoms with Crippen LogP contribution in [0.4, 0.5) is 17.1 Å². The number of carbonyl (C=O) groups is 3. The number of nitrogens with zero attached hydrogens (tertiary/aromatic N) is 2. The number of carbonyl (C=O) groups excluding carboxylic acids is 3. The Labute approximate surface area is 226 Å². The highest BCUT2D eigenvalue weighted by molar-refractivity contribution is 6.51. The molecule has 196 valence electrons. The zero-order chi connectivity index (χ0) is 27.6. The Balaban J connectivity index is 1.91. The van der Waals surface area contributed by atoms with Crippen molar-refractivity contribution in [2.45, 2.75) is 19.9 Å². The van der Waals surface area contributed by atoms with Crippen molar-refractivity contribution >= 4 is 52.0 Å². The van der Waals surface area contributed by atoms with Crippen LogP contribution in [-0.4, -0.2) is 43.4 Å². The van der Waals surface area contributed by atoms with E-state index in [1.54, 1.807) is 43.3 Å². The molecule has 9 heteroatoms. The lowest BCUT2D eigenvalue weighted by atomic mass is 9.94. The minimum Gasteiger partial charge on any atom is -0.507 e. The lowest BCUT2D eigenvalue weighted by Gasteiger charge is -2.26. The monoisotopic (exact) mass is 533 g/mol. The molecule has 0 aromatic heterocycles. The molecule has 3 aromatic rings. The molecule has 2 N–H and O–H groups in total. The van der Waals surface area contributed by atoms with Crippen molar-refractivity contribution in [3.8, 4) is 5.75 Å². The number of hydrogen-bond donors (Lipinski definition) is 2. The molecule has 1 heterocycles. The molecule has 8 nitrogen and oxygen atoms in total. The van der Waals surface area contributed by atoms with Gasteiger partial charge in [0.25, 0.3) is 11.7 Å².